The fourth-order valence-corrected chi connectivity index (χ4v) is 3.87. The molecule has 5 nitrogen and oxygen atoms in total. The first-order valence-electron chi connectivity index (χ1n) is 8.83. The fourth-order valence-electron chi connectivity index (χ4n) is 2.82. The second kappa shape index (κ2) is 7.86. The third kappa shape index (κ3) is 4.58. The van der Waals surface area contributed by atoms with Crippen molar-refractivity contribution in [3.8, 4) is 0 Å². The molecule has 0 aliphatic heterocycles. The second-order valence-electron chi connectivity index (χ2n) is 6.77. The molecule has 2 N–H and O–H groups in total. The summed E-state index contributed by atoms with van der Waals surface area (Å²) < 4.78 is 27.7. The molecule has 0 atom stereocenters. The zero-order valence-corrected chi connectivity index (χ0v) is 16.8. The van der Waals surface area contributed by atoms with Crippen LogP contribution in [0.3, 0.4) is 0 Å². The lowest BCUT2D eigenvalue weighted by Crippen LogP contribution is -2.15. The van der Waals surface area contributed by atoms with Crippen molar-refractivity contribution in [2.75, 3.05) is 10.0 Å². The summed E-state index contributed by atoms with van der Waals surface area (Å²) in [4.78, 5) is 12.6. The molecule has 144 valence electrons. The van der Waals surface area contributed by atoms with Crippen molar-refractivity contribution < 1.29 is 13.2 Å². The highest BCUT2D eigenvalue weighted by atomic mass is 32.2. The van der Waals surface area contributed by atoms with E-state index in [1.165, 1.54) is 12.1 Å². The molecule has 0 radical (unpaired) electrons. The molecule has 0 fully saturated rings. The Kier molecular flexibility index (Phi) is 5.51. The zero-order valence-electron chi connectivity index (χ0n) is 16.0. The molecule has 0 spiro atoms. The summed E-state index contributed by atoms with van der Waals surface area (Å²) in [6.07, 6.45) is 0. The smallest absolute Gasteiger partial charge is 0.261 e. The summed E-state index contributed by atoms with van der Waals surface area (Å²) in [6, 6.07) is 18.9. The van der Waals surface area contributed by atoms with Crippen molar-refractivity contribution in [2.45, 2.75) is 25.7 Å². The van der Waals surface area contributed by atoms with Gasteiger partial charge in [-0.1, -0.05) is 29.8 Å². The van der Waals surface area contributed by atoms with Crippen molar-refractivity contribution in [1.82, 2.24) is 0 Å². The van der Waals surface area contributed by atoms with Crippen LogP contribution in [0, 0.1) is 20.8 Å². The summed E-state index contributed by atoms with van der Waals surface area (Å²) >= 11 is 0. The zero-order chi connectivity index (χ0) is 20.3. The van der Waals surface area contributed by atoms with Gasteiger partial charge in [0.05, 0.1) is 4.90 Å². The molecule has 0 heterocycles. The lowest BCUT2D eigenvalue weighted by molar-refractivity contribution is 0.102. The number of anilines is 2. The van der Waals surface area contributed by atoms with E-state index >= 15 is 0 Å². The van der Waals surface area contributed by atoms with Gasteiger partial charge in [-0.05, 0) is 74.4 Å². The highest BCUT2D eigenvalue weighted by molar-refractivity contribution is 7.92. The average Bonchev–Trinajstić information content (AvgIpc) is 2.64. The van der Waals surface area contributed by atoms with Gasteiger partial charge in [-0.2, -0.15) is 0 Å². The standard InChI is InChI=1S/C22H22N2O3S/c1-15-5-4-6-19(13-15)24-28(26,27)20-11-9-18(10-12-20)23-22(25)21-14-16(2)7-8-17(21)3/h4-14,24H,1-3H3,(H,23,25). The molecule has 3 aromatic rings. The van der Waals surface area contributed by atoms with E-state index in [1.807, 2.05) is 45.0 Å². The molecule has 0 unspecified atom stereocenters. The van der Waals surface area contributed by atoms with E-state index in [4.69, 9.17) is 0 Å². The van der Waals surface area contributed by atoms with Gasteiger partial charge in [-0.25, -0.2) is 8.42 Å². The topological polar surface area (TPSA) is 75.3 Å². The van der Waals surface area contributed by atoms with Crippen LogP contribution in [0.1, 0.15) is 27.0 Å². The molecule has 28 heavy (non-hydrogen) atoms. The maximum atomic E-state index is 12.6. The molecule has 0 aromatic heterocycles. The minimum atomic E-state index is -3.70. The van der Waals surface area contributed by atoms with Gasteiger partial charge >= 0.3 is 0 Å². The second-order valence-corrected chi connectivity index (χ2v) is 8.45. The lowest BCUT2D eigenvalue weighted by Gasteiger charge is -2.11. The number of carbonyl (C=O) groups is 1. The van der Waals surface area contributed by atoms with Gasteiger partial charge in [0.1, 0.15) is 0 Å². The van der Waals surface area contributed by atoms with Crippen LogP contribution in [0.5, 0.6) is 0 Å². The van der Waals surface area contributed by atoms with Gasteiger partial charge in [0.2, 0.25) is 0 Å². The number of nitrogens with one attached hydrogen (secondary N) is 2. The maximum Gasteiger partial charge on any atom is 0.261 e. The predicted molar refractivity (Wildman–Crippen MR) is 112 cm³/mol. The fraction of sp³-hybridized carbons (Fsp3) is 0.136. The SMILES string of the molecule is Cc1cccc(NS(=O)(=O)c2ccc(NC(=O)c3cc(C)ccc3C)cc2)c1. The third-order valence-corrected chi connectivity index (χ3v) is 5.73. The minimum Gasteiger partial charge on any atom is -0.322 e. The maximum absolute atomic E-state index is 12.6. The predicted octanol–water partition coefficient (Wildman–Crippen LogP) is 4.66. The molecule has 3 rings (SSSR count). The molecule has 6 heteroatoms. The number of hydrogen-bond acceptors (Lipinski definition) is 3. The van der Waals surface area contributed by atoms with E-state index < -0.39 is 10.0 Å². The number of benzene rings is 3. The first-order chi connectivity index (χ1) is 13.2. The Balaban J connectivity index is 1.75. The van der Waals surface area contributed by atoms with Crippen LogP contribution in [-0.2, 0) is 10.0 Å². The molecule has 0 bridgehead atoms. The van der Waals surface area contributed by atoms with Crippen LogP contribution in [0.2, 0.25) is 0 Å². The molecule has 0 aliphatic carbocycles. The normalized spacial score (nSPS) is 11.1. The quantitative estimate of drug-likeness (QED) is 0.661. The molecule has 0 saturated carbocycles. The van der Waals surface area contributed by atoms with E-state index in [-0.39, 0.29) is 10.8 Å². The molecular formula is C22H22N2O3S. The Hall–Kier alpha value is -3.12. The average molecular weight is 394 g/mol. The number of rotatable bonds is 5. The molecule has 1 amide bonds. The monoisotopic (exact) mass is 394 g/mol. The number of sulfonamides is 1. The van der Waals surface area contributed by atoms with Crippen LogP contribution < -0.4 is 10.0 Å². The van der Waals surface area contributed by atoms with Gasteiger partial charge < -0.3 is 5.32 Å². The van der Waals surface area contributed by atoms with E-state index in [0.29, 0.717) is 16.9 Å². The number of aryl methyl sites for hydroxylation is 3. The van der Waals surface area contributed by atoms with Crippen LogP contribution in [0.25, 0.3) is 0 Å². The van der Waals surface area contributed by atoms with Gasteiger partial charge in [0.15, 0.2) is 0 Å². The van der Waals surface area contributed by atoms with Gasteiger partial charge in [0.25, 0.3) is 15.9 Å². The molecule has 3 aromatic carbocycles. The van der Waals surface area contributed by atoms with E-state index in [0.717, 1.165) is 16.7 Å². The summed E-state index contributed by atoms with van der Waals surface area (Å²) in [5.74, 6) is -0.227. The van der Waals surface area contributed by atoms with Crippen molar-refractivity contribution in [1.29, 1.82) is 0 Å². The Morgan fingerprint density at radius 1 is 0.786 bits per heavy atom. The number of hydrogen-bond donors (Lipinski definition) is 2. The Morgan fingerprint density at radius 2 is 1.46 bits per heavy atom. The summed E-state index contributed by atoms with van der Waals surface area (Å²) in [7, 11) is -3.70. The van der Waals surface area contributed by atoms with E-state index in [1.54, 1.807) is 30.3 Å². The van der Waals surface area contributed by atoms with Crippen molar-refractivity contribution in [3.63, 3.8) is 0 Å². The van der Waals surface area contributed by atoms with Gasteiger partial charge in [0, 0.05) is 16.9 Å². The Bertz CT molecular complexity index is 1120. The first kappa shape index (κ1) is 19.6. The van der Waals surface area contributed by atoms with Crippen LogP contribution in [0.4, 0.5) is 11.4 Å². The van der Waals surface area contributed by atoms with Crippen LogP contribution >= 0.6 is 0 Å². The molecule has 0 aliphatic rings. The van der Waals surface area contributed by atoms with Crippen LogP contribution in [0.15, 0.2) is 71.6 Å². The Labute approximate surface area is 165 Å². The number of amides is 1. The third-order valence-electron chi connectivity index (χ3n) is 4.33. The van der Waals surface area contributed by atoms with Crippen molar-refractivity contribution in [2.24, 2.45) is 0 Å². The van der Waals surface area contributed by atoms with E-state index in [2.05, 4.69) is 10.0 Å². The summed E-state index contributed by atoms with van der Waals surface area (Å²) in [5, 5.41) is 2.81. The first-order valence-corrected chi connectivity index (χ1v) is 10.3. The van der Waals surface area contributed by atoms with E-state index in [9.17, 15) is 13.2 Å². The van der Waals surface area contributed by atoms with Gasteiger partial charge in [-0.3, -0.25) is 9.52 Å². The molecule has 0 saturated heterocycles. The number of carbonyl (C=O) groups excluding carboxylic acids is 1. The lowest BCUT2D eigenvalue weighted by atomic mass is 10.1. The summed E-state index contributed by atoms with van der Waals surface area (Å²) in [5.41, 5.74) is 4.47. The van der Waals surface area contributed by atoms with Crippen molar-refractivity contribution in [3.05, 3.63) is 89.0 Å². The summed E-state index contributed by atoms with van der Waals surface area (Å²) in [6.45, 7) is 5.70. The molecular weight excluding hydrogens is 372 g/mol. The largest absolute Gasteiger partial charge is 0.322 e. The Morgan fingerprint density at radius 3 is 2.14 bits per heavy atom. The highest BCUT2D eigenvalue weighted by Gasteiger charge is 2.15. The van der Waals surface area contributed by atoms with Gasteiger partial charge in [-0.15, -0.1) is 0 Å². The highest BCUT2D eigenvalue weighted by Crippen LogP contribution is 2.20. The van der Waals surface area contributed by atoms with Crippen LogP contribution in [-0.4, -0.2) is 14.3 Å². The minimum absolute atomic E-state index is 0.124. The van der Waals surface area contributed by atoms with Crippen molar-refractivity contribution >= 4 is 27.3 Å².